The molecule has 0 aliphatic carbocycles. The first-order chi connectivity index (χ1) is 15.1. The van der Waals surface area contributed by atoms with Crippen molar-refractivity contribution in [2.75, 3.05) is 32.0 Å². The van der Waals surface area contributed by atoms with Crippen LogP contribution >= 0.6 is 0 Å². The number of nitrogens with zero attached hydrogens (tertiary/aromatic N) is 5. The zero-order valence-corrected chi connectivity index (χ0v) is 17.9. The highest BCUT2D eigenvalue weighted by Crippen LogP contribution is 2.36. The lowest BCUT2D eigenvalue weighted by molar-refractivity contribution is 0.0335. The maximum atomic E-state index is 6.51. The molecule has 0 radical (unpaired) electrons. The molecule has 4 aromatic rings. The molecule has 1 fully saturated rings. The summed E-state index contributed by atoms with van der Waals surface area (Å²) in [5.74, 6) is 0.445. The van der Waals surface area contributed by atoms with Crippen LogP contribution < -0.4 is 5.73 Å². The van der Waals surface area contributed by atoms with E-state index in [-0.39, 0.29) is 0 Å². The number of fused-ring (bicyclic) bond motifs is 1. The number of aromatic nitrogens is 4. The monoisotopic (exact) mass is 414 g/mol. The topological polar surface area (TPSA) is 81.6 Å². The van der Waals surface area contributed by atoms with Gasteiger partial charge in [0.25, 0.3) is 0 Å². The summed E-state index contributed by atoms with van der Waals surface area (Å²) < 4.78 is 7.48. The second-order valence-corrected chi connectivity index (χ2v) is 8.00. The molecule has 7 heteroatoms. The van der Waals surface area contributed by atoms with Crippen LogP contribution in [0.5, 0.6) is 0 Å². The van der Waals surface area contributed by atoms with Crippen molar-refractivity contribution in [2.24, 2.45) is 0 Å². The number of ether oxygens (including phenoxy) is 1. The average molecular weight is 415 g/mol. The van der Waals surface area contributed by atoms with Crippen LogP contribution in [0.25, 0.3) is 28.0 Å². The second kappa shape index (κ2) is 8.09. The van der Waals surface area contributed by atoms with E-state index in [9.17, 15) is 0 Å². The highest BCUT2D eigenvalue weighted by atomic mass is 16.5. The molecule has 1 aromatic carbocycles. The standard InChI is InChI=1S/C24H26N6O/c1-16-12-19(13-17(2)27-16)21-22(18-6-4-3-5-7-18)28-24(25)30-20(14-26-23(21)30)15-29-8-10-31-11-9-29/h3-7,12-14H,8-11,15H2,1-2H3,(H2,25,28). The summed E-state index contributed by atoms with van der Waals surface area (Å²) in [6.07, 6.45) is 1.92. The van der Waals surface area contributed by atoms with Crippen molar-refractivity contribution in [3.05, 3.63) is 65.7 Å². The van der Waals surface area contributed by atoms with Crippen LogP contribution in [0.4, 0.5) is 5.95 Å². The van der Waals surface area contributed by atoms with Crippen LogP contribution in [-0.2, 0) is 11.3 Å². The number of pyridine rings is 1. The lowest BCUT2D eigenvalue weighted by Crippen LogP contribution is -2.36. The number of imidazole rings is 1. The van der Waals surface area contributed by atoms with Gasteiger partial charge in [-0.2, -0.15) is 0 Å². The Morgan fingerprint density at radius 1 is 0.968 bits per heavy atom. The average Bonchev–Trinajstić information content (AvgIpc) is 3.18. The molecule has 2 N–H and O–H groups in total. The Labute approximate surface area is 181 Å². The first-order valence-electron chi connectivity index (χ1n) is 10.6. The van der Waals surface area contributed by atoms with Crippen molar-refractivity contribution in [3.63, 3.8) is 0 Å². The zero-order valence-electron chi connectivity index (χ0n) is 17.9. The number of nitrogen functional groups attached to an aromatic ring is 1. The SMILES string of the molecule is Cc1cc(-c2c(-c3ccccc3)nc(N)n3c(CN4CCOCC4)cnc23)cc(C)n1. The van der Waals surface area contributed by atoms with E-state index in [1.165, 1.54) is 0 Å². The number of hydrogen-bond donors (Lipinski definition) is 1. The summed E-state index contributed by atoms with van der Waals surface area (Å²) in [4.78, 5) is 16.6. The molecule has 158 valence electrons. The molecule has 1 aliphatic rings. The van der Waals surface area contributed by atoms with Crippen LogP contribution in [0.15, 0.2) is 48.7 Å². The second-order valence-electron chi connectivity index (χ2n) is 8.00. The van der Waals surface area contributed by atoms with Crippen LogP contribution in [0.2, 0.25) is 0 Å². The molecule has 1 aliphatic heterocycles. The molecule has 0 atom stereocenters. The Hall–Kier alpha value is -3.29. The van der Waals surface area contributed by atoms with Crippen molar-refractivity contribution in [3.8, 4) is 22.4 Å². The van der Waals surface area contributed by atoms with E-state index in [1.807, 2.05) is 42.6 Å². The first-order valence-corrected chi connectivity index (χ1v) is 10.6. The smallest absolute Gasteiger partial charge is 0.206 e. The zero-order chi connectivity index (χ0) is 21.4. The highest BCUT2D eigenvalue weighted by Gasteiger charge is 2.21. The fourth-order valence-corrected chi connectivity index (χ4v) is 4.29. The van der Waals surface area contributed by atoms with Crippen molar-refractivity contribution in [1.29, 1.82) is 0 Å². The Kier molecular flexibility index (Phi) is 5.13. The summed E-state index contributed by atoms with van der Waals surface area (Å²) in [5, 5.41) is 0. The maximum Gasteiger partial charge on any atom is 0.206 e. The van der Waals surface area contributed by atoms with Gasteiger partial charge in [0.2, 0.25) is 5.95 Å². The molecule has 1 saturated heterocycles. The molecule has 31 heavy (non-hydrogen) atoms. The predicted molar refractivity (Wildman–Crippen MR) is 122 cm³/mol. The number of morpholine rings is 1. The van der Waals surface area contributed by atoms with E-state index in [0.29, 0.717) is 5.95 Å². The number of nitrogens with two attached hydrogens (primary N) is 1. The molecule has 0 spiro atoms. The fraction of sp³-hybridized carbons (Fsp3) is 0.292. The molecule has 0 bridgehead atoms. The van der Waals surface area contributed by atoms with Gasteiger partial charge in [-0.25, -0.2) is 9.97 Å². The van der Waals surface area contributed by atoms with Gasteiger partial charge in [-0.05, 0) is 31.5 Å². The number of hydrogen-bond acceptors (Lipinski definition) is 6. The van der Waals surface area contributed by atoms with Crippen molar-refractivity contribution in [2.45, 2.75) is 20.4 Å². The third-order valence-electron chi connectivity index (χ3n) is 5.66. The van der Waals surface area contributed by atoms with Crippen LogP contribution in [0, 0.1) is 13.8 Å². The first kappa shape index (κ1) is 19.7. The fourth-order valence-electron chi connectivity index (χ4n) is 4.29. The minimum atomic E-state index is 0.445. The summed E-state index contributed by atoms with van der Waals surface area (Å²) in [6.45, 7) is 8.09. The molecule has 0 unspecified atom stereocenters. The van der Waals surface area contributed by atoms with Crippen LogP contribution in [0.3, 0.4) is 0 Å². The Balaban J connectivity index is 1.73. The molecule has 3 aromatic heterocycles. The van der Waals surface area contributed by atoms with E-state index in [1.54, 1.807) is 0 Å². The number of anilines is 1. The Bertz CT molecular complexity index is 1210. The van der Waals surface area contributed by atoms with Crippen molar-refractivity contribution < 1.29 is 4.74 Å². The third-order valence-corrected chi connectivity index (χ3v) is 5.66. The normalized spacial score (nSPS) is 14.9. The summed E-state index contributed by atoms with van der Waals surface area (Å²) in [5.41, 5.74) is 14.1. The Morgan fingerprint density at radius 2 is 1.68 bits per heavy atom. The van der Waals surface area contributed by atoms with Gasteiger partial charge in [0.15, 0.2) is 0 Å². The maximum absolute atomic E-state index is 6.51. The summed E-state index contributed by atoms with van der Waals surface area (Å²) in [6, 6.07) is 14.3. The van der Waals surface area contributed by atoms with Crippen molar-refractivity contribution in [1.82, 2.24) is 24.3 Å². The van der Waals surface area contributed by atoms with E-state index in [0.717, 1.165) is 78.0 Å². The highest BCUT2D eigenvalue weighted by molar-refractivity contribution is 5.91. The van der Waals surface area contributed by atoms with E-state index in [4.69, 9.17) is 20.4 Å². The molecular weight excluding hydrogens is 388 g/mol. The minimum absolute atomic E-state index is 0.445. The number of aryl methyl sites for hydroxylation is 2. The van der Waals surface area contributed by atoms with Gasteiger partial charge in [0, 0.05) is 36.6 Å². The van der Waals surface area contributed by atoms with Crippen LogP contribution in [-0.4, -0.2) is 50.6 Å². The lowest BCUT2D eigenvalue weighted by Gasteiger charge is -2.26. The molecule has 5 rings (SSSR count). The minimum Gasteiger partial charge on any atom is -0.379 e. The number of rotatable bonds is 4. The van der Waals surface area contributed by atoms with Crippen LogP contribution in [0.1, 0.15) is 17.1 Å². The van der Waals surface area contributed by atoms with E-state index < -0.39 is 0 Å². The lowest BCUT2D eigenvalue weighted by atomic mass is 9.99. The van der Waals surface area contributed by atoms with Gasteiger partial charge in [0.05, 0.1) is 36.4 Å². The third kappa shape index (κ3) is 3.78. The van der Waals surface area contributed by atoms with Gasteiger partial charge < -0.3 is 10.5 Å². The van der Waals surface area contributed by atoms with Gasteiger partial charge >= 0.3 is 0 Å². The summed E-state index contributed by atoms with van der Waals surface area (Å²) in [7, 11) is 0. The van der Waals surface area contributed by atoms with E-state index >= 15 is 0 Å². The molecule has 7 nitrogen and oxygen atoms in total. The van der Waals surface area contributed by atoms with Gasteiger partial charge in [-0.15, -0.1) is 0 Å². The van der Waals surface area contributed by atoms with Crippen molar-refractivity contribution >= 4 is 11.6 Å². The summed E-state index contributed by atoms with van der Waals surface area (Å²) >= 11 is 0. The predicted octanol–water partition coefficient (Wildman–Crippen LogP) is 3.49. The molecular formula is C24H26N6O. The molecule has 0 amide bonds. The molecule has 0 saturated carbocycles. The molecule has 4 heterocycles. The van der Waals surface area contributed by atoms with Gasteiger partial charge in [0.1, 0.15) is 5.65 Å². The number of benzene rings is 1. The van der Waals surface area contributed by atoms with Gasteiger partial charge in [-0.3, -0.25) is 14.3 Å². The van der Waals surface area contributed by atoms with E-state index in [2.05, 4.69) is 34.1 Å². The largest absolute Gasteiger partial charge is 0.379 e. The van der Waals surface area contributed by atoms with Gasteiger partial charge in [-0.1, -0.05) is 30.3 Å². The quantitative estimate of drug-likeness (QED) is 0.551. The Morgan fingerprint density at radius 3 is 2.39 bits per heavy atom.